The minimum absolute atomic E-state index is 0.740. The lowest BCUT2D eigenvalue weighted by atomic mass is 9.77. The average Bonchev–Trinajstić information content (AvgIpc) is 3.29. The van der Waals surface area contributed by atoms with Gasteiger partial charge in [0.05, 0.1) is 5.69 Å². The van der Waals surface area contributed by atoms with Crippen LogP contribution in [-0.2, 0) is 0 Å². The quantitative estimate of drug-likeness (QED) is 0.255. The van der Waals surface area contributed by atoms with E-state index in [0.717, 1.165) is 11.8 Å². The number of para-hydroxylation sites is 2. The summed E-state index contributed by atoms with van der Waals surface area (Å²) in [6.45, 7) is 0. The molecule has 0 aromatic heterocycles. The van der Waals surface area contributed by atoms with E-state index in [1.54, 1.807) is 11.1 Å². The van der Waals surface area contributed by atoms with Gasteiger partial charge in [-0.2, -0.15) is 0 Å². The van der Waals surface area contributed by atoms with Gasteiger partial charge in [-0.15, -0.1) is 0 Å². The number of hydrogen-bond donors (Lipinski definition) is 0. The maximum absolute atomic E-state index is 2.53. The number of rotatable bonds is 4. The number of benzene rings is 5. The van der Waals surface area contributed by atoms with Crippen molar-refractivity contribution in [3.63, 3.8) is 0 Å². The third-order valence-electron chi connectivity index (χ3n) is 8.38. The molecule has 5 aromatic rings. The summed E-state index contributed by atoms with van der Waals surface area (Å²) in [6.07, 6.45) is 6.83. The minimum atomic E-state index is 0.740. The molecule has 8 rings (SSSR count). The van der Waals surface area contributed by atoms with Crippen LogP contribution in [0.15, 0.2) is 115 Å². The van der Waals surface area contributed by atoms with Crippen molar-refractivity contribution in [2.45, 2.75) is 43.9 Å². The van der Waals surface area contributed by atoms with E-state index in [1.807, 2.05) is 0 Å². The van der Waals surface area contributed by atoms with Gasteiger partial charge < -0.3 is 4.90 Å². The second-order valence-electron chi connectivity index (χ2n) is 10.5. The van der Waals surface area contributed by atoms with Crippen LogP contribution < -0.4 is 4.90 Å². The molecule has 0 spiro atoms. The SMILES string of the molecule is c1ccc(N(c2ccccc2)c2cc(-c3ccc4c(c3)C3CCCC4CC3)cc3ccccc23)cc1. The van der Waals surface area contributed by atoms with Gasteiger partial charge in [-0.25, -0.2) is 0 Å². The zero-order valence-electron chi connectivity index (χ0n) is 20.6. The molecule has 36 heavy (non-hydrogen) atoms. The molecule has 0 aliphatic heterocycles. The number of fused-ring (bicyclic) bond motifs is 4. The molecule has 176 valence electrons. The van der Waals surface area contributed by atoms with Crippen LogP contribution in [0.4, 0.5) is 17.1 Å². The Labute approximate surface area is 214 Å². The van der Waals surface area contributed by atoms with Gasteiger partial charge in [-0.1, -0.05) is 85.3 Å². The highest BCUT2D eigenvalue weighted by Gasteiger charge is 2.30. The molecule has 1 saturated carbocycles. The number of anilines is 3. The fraction of sp³-hybridized carbons (Fsp3) is 0.200. The molecule has 0 amide bonds. The highest BCUT2D eigenvalue weighted by molar-refractivity contribution is 6.02. The van der Waals surface area contributed by atoms with Gasteiger partial charge in [0.25, 0.3) is 0 Å². The topological polar surface area (TPSA) is 3.24 Å². The molecular weight excluding hydrogens is 434 g/mol. The van der Waals surface area contributed by atoms with Gasteiger partial charge in [0.1, 0.15) is 0 Å². The van der Waals surface area contributed by atoms with Crippen molar-refractivity contribution in [2.75, 3.05) is 4.90 Å². The summed E-state index contributed by atoms with van der Waals surface area (Å²) in [4.78, 5) is 2.40. The lowest BCUT2D eigenvalue weighted by Gasteiger charge is -2.29. The predicted octanol–water partition coefficient (Wildman–Crippen LogP) is 10.1. The molecule has 2 atom stereocenters. The highest BCUT2D eigenvalue weighted by atomic mass is 15.1. The van der Waals surface area contributed by atoms with Crippen LogP contribution in [0.25, 0.3) is 21.9 Å². The smallest absolute Gasteiger partial charge is 0.0546 e. The maximum atomic E-state index is 2.53. The van der Waals surface area contributed by atoms with Crippen LogP contribution in [0.5, 0.6) is 0 Å². The Kier molecular flexibility index (Phi) is 5.35. The van der Waals surface area contributed by atoms with Crippen molar-refractivity contribution in [2.24, 2.45) is 0 Å². The maximum Gasteiger partial charge on any atom is 0.0546 e. The van der Waals surface area contributed by atoms with Crippen molar-refractivity contribution in [1.29, 1.82) is 0 Å². The van der Waals surface area contributed by atoms with E-state index < -0.39 is 0 Å². The van der Waals surface area contributed by atoms with Gasteiger partial charge in [0.2, 0.25) is 0 Å². The zero-order chi connectivity index (χ0) is 23.9. The number of hydrogen-bond acceptors (Lipinski definition) is 1. The van der Waals surface area contributed by atoms with Crippen molar-refractivity contribution in [3.05, 3.63) is 126 Å². The lowest BCUT2D eigenvalue weighted by molar-refractivity contribution is 0.527. The molecule has 2 unspecified atom stereocenters. The average molecular weight is 466 g/mol. The second-order valence-corrected chi connectivity index (χ2v) is 10.5. The Morgan fingerprint density at radius 2 is 1.14 bits per heavy atom. The van der Waals surface area contributed by atoms with E-state index in [-0.39, 0.29) is 0 Å². The molecule has 2 bridgehead atoms. The minimum Gasteiger partial charge on any atom is -0.310 e. The molecule has 0 radical (unpaired) electrons. The Morgan fingerprint density at radius 3 is 1.86 bits per heavy atom. The second kappa shape index (κ2) is 8.99. The van der Waals surface area contributed by atoms with E-state index in [2.05, 4.69) is 120 Å². The fourth-order valence-electron chi connectivity index (χ4n) is 6.63. The van der Waals surface area contributed by atoms with Crippen LogP contribution in [0.2, 0.25) is 0 Å². The van der Waals surface area contributed by atoms with E-state index in [0.29, 0.717) is 0 Å². The first-order valence-electron chi connectivity index (χ1n) is 13.4. The summed E-state index contributed by atoms with van der Waals surface area (Å²) in [5.41, 5.74) is 9.45. The van der Waals surface area contributed by atoms with Crippen molar-refractivity contribution >= 4 is 27.8 Å². The molecule has 3 aliphatic carbocycles. The summed E-state index contributed by atoms with van der Waals surface area (Å²) >= 11 is 0. The Balaban J connectivity index is 1.44. The molecule has 0 N–H and O–H groups in total. The largest absolute Gasteiger partial charge is 0.310 e. The zero-order valence-corrected chi connectivity index (χ0v) is 20.6. The first-order chi connectivity index (χ1) is 17.8. The molecule has 0 heterocycles. The normalized spacial score (nSPS) is 18.6. The molecule has 3 aliphatic rings. The summed E-state index contributed by atoms with van der Waals surface area (Å²) in [7, 11) is 0. The van der Waals surface area contributed by atoms with Crippen LogP contribution in [0, 0.1) is 0 Å². The first-order valence-corrected chi connectivity index (χ1v) is 13.4. The predicted molar refractivity (Wildman–Crippen MR) is 153 cm³/mol. The third-order valence-corrected chi connectivity index (χ3v) is 8.38. The van der Waals surface area contributed by atoms with E-state index in [4.69, 9.17) is 0 Å². The van der Waals surface area contributed by atoms with Crippen molar-refractivity contribution in [1.82, 2.24) is 0 Å². The summed E-state index contributed by atoms with van der Waals surface area (Å²) in [6, 6.07) is 42.4. The molecule has 1 nitrogen and oxygen atoms in total. The van der Waals surface area contributed by atoms with Gasteiger partial charge >= 0.3 is 0 Å². The molecule has 1 fully saturated rings. The van der Waals surface area contributed by atoms with Gasteiger partial charge in [0.15, 0.2) is 0 Å². The summed E-state index contributed by atoms with van der Waals surface area (Å²) in [5, 5.41) is 2.54. The summed E-state index contributed by atoms with van der Waals surface area (Å²) in [5.74, 6) is 1.51. The molecule has 5 aromatic carbocycles. The monoisotopic (exact) mass is 465 g/mol. The van der Waals surface area contributed by atoms with Crippen molar-refractivity contribution in [3.8, 4) is 11.1 Å². The molecule has 0 saturated heterocycles. The number of nitrogens with zero attached hydrogens (tertiary/aromatic N) is 1. The van der Waals surface area contributed by atoms with E-state index in [1.165, 1.54) is 71.1 Å². The first kappa shape index (κ1) is 21.4. The molecular formula is C35H31N. The Morgan fingerprint density at radius 1 is 0.500 bits per heavy atom. The Hall–Kier alpha value is -3.84. The lowest BCUT2D eigenvalue weighted by Crippen LogP contribution is -2.11. The fourth-order valence-corrected chi connectivity index (χ4v) is 6.63. The molecule has 1 heteroatoms. The van der Waals surface area contributed by atoms with Gasteiger partial charge in [-0.05, 0) is 102 Å². The van der Waals surface area contributed by atoms with Crippen LogP contribution in [0.1, 0.15) is 55.1 Å². The van der Waals surface area contributed by atoms with E-state index in [9.17, 15) is 0 Å². The van der Waals surface area contributed by atoms with Crippen LogP contribution in [0.3, 0.4) is 0 Å². The van der Waals surface area contributed by atoms with Crippen LogP contribution >= 0.6 is 0 Å². The van der Waals surface area contributed by atoms with E-state index >= 15 is 0 Å². The Bertz CT molecular complexity index is 1480. The van der Waals surface area contributed by atoms with Gasteiger partial charge in [0, 0.05) is 16.8 Å². The summed E-state index contributed by atoms with van der Waals surface area (Å²) < 4.78 is 0. The van der Waals surface area contributed by atoms with Crippen LogP contribution in [-0.4, -0.2) is 0 Å². The third kappa shape index (κ3) is 3.71. The standard InChI is InChI=1S/C35H31N/c1-3-13-30(14-4-1)36(31-15-5-2-6-16-31)35-24-29(22-28-10-7-8-17-33(28)35)27-20-21-32-25-11-9-12-26(19-18-25)34(32)23-27/h1-8,10,13-17,20-26H,9,11-12,18-19H2. The highest BCUT2D eigenvalue weighted by Crippen LogP contribution is 2.48. The van der Waals surface area contributed by atoms with Crippen molar-refractivity contribution < 1.29 is 0 Å². The van der Waals surface area contributed by atoms with Gasteiger partial charge in [-0.3, -0.25) is 0 Å².